The number of ether oxygens (including phenoxy) is 2. The molecule has 3 aromatic rings. The summed E-state index contributed by atoms with van der Waals surface area (Å²) in [6.45, 7) is -0.561. The van der Waals surface area contributed by atoms with Crippen molar-refractivity contribution in [2.75, 3.05) is 19.0 Å². The molecule has 0 saturated heterocycles. The Bertz CT molecular complexity index is 1780. The molecule has 244 valence electrons. The molecule has 3 N–H and O–H groups in total. The second-order valence-corrected chi connectivity index (χ2v) is 13.0. The average molecular weight is 665 g/mol. The van der Waals surface area contributed by atoms with Crippen LogP contribution in [0.25, 0.3) is 11.1 Å². The molecule has 0 radical (unpaired) electrons. The second kappa shape index (κ2) is 12.6. The highest BCUT2D eigenvalue weighted by Crippen LogP contribution is 2.49. The highest BCUT2D eigenvalue weighted by molar-refractivity contribution is 7.92. The molecule has 2 amide bonds. The van der Waals surface area contributed by atoms with Gasteiger partial charge < -0.3 is 25.2 Å². The molecule has 46 heavy (non-hydrogen) atoms. The van der Waals surface area contributed by atoms with Gasteiger partial charge in [0.15, 0.2) is 6.61 Å². The van der Waals surface area contributed by atoms with Crippen molar-refractivity contribution in [3.8, 4) is 22.6 Å². The lowest BCUT2D eigenvalue weighted by atomic mass is 9.83. The smallest absolute Gasteiger partial charge is 0.496 e. The van der Waals surface area contributed by atoms with Gasteiger partial charge in [0.25, 0.3) is 15.7 Å². The molecule has 4 atom stereocenters. The minimum atomic E-state index is -5.64. The number of carboxylic acid groups (broad SMARTS) is 1. The van der Waals surface area contributed by atoms with E-state index in [1.807, 2.05) is 0 Å². The third kappa shape index (κ3) is 6.50. The molecule has 2 fully saturated rings. The van der Waals surface area contributed by atoms with Crippen molar-refractivity contribution >= 4 is 33.3 Å². The molecule has 15 heteroatoms. The van der Waals surface area contributed by atoms with Crippen LogP contribution in [0.3, 0.4) is 0 Å². The van der Waals surface area contributed by atoms with Gasteiger partial charge in [-0.3, -0.25) is 9.59 Å². The number of sulfone groups is 1. The first-order valence-electron chi connectivity index (χ1n) is 14.0. The Hall–Kier alpha value is -4.66. The third-order valence-electron chi connectivity index (χ3n) is 8.29. The van der Waals surface area contributed by atoms with E-state index in [4.69, 9.17) is 14.6 Å². The number of fused-ring (bicyclic) bond motifs is 2. The zero-order valence-corrected chi connectivity index (χ0v) is 25.0. The SMILES string of the molecule is COc1cc(F)c(-c2ccc(OCC(=O)O)cc2)cc1C(=O)NC1C2CCC(C2)C1C(=O)Nc1cccc(S(=O)(=O)C(F)(F)F)c1. The fourth-order valence-corrected chi connectivity index (χ4v) is 7.01. The number of halogens is 4. The molecule has 0 aliphatic heterocycles. The maximum Gasteiger partial charge on any atom is 0.501 e. The molecule has 2 aliphatic rings. The Morgan fingerprint density at radius 3 is 2.35 bits per heavy atom. The molecular formula is C31H28F4N2O8S. The predicted molar refractivity (Wildman–Crippen MR) is 155 cm³/mol. The Morgan fingerprint density at radius 1 is 1.00 bits per heavy atom. The average Bonchev–Trinajstić information content (AvgIpc) is 3.62. The minimum absolute atomic E-state index is 0.0166. The first-order valence-corrected chi connectivity index (χ1v) is 15.5. The van der Waals surface area contributed by atoms with Crippen LogP contribution in [0.2, 0.25) is 0 Å². The fourth-order valence-electron chi connectivity index (χ4n) is 6.20. The standard InChI is InChI=1S/C31H28F4N2O8S/c1-44-25-14-24(32)22(16-7-9-20(10-8-16)45-15-26(38)39)13-23(25)29(40)37-28-18-6-5-17(11-18)27(28)30(41)36-19-3-2-4-21(12-19)46(42,43)31(33,34)35/h2-4,7-10,12-14,17-18,27-28H,5-6,11,15H2,1H3,(H,36,41)(H,37,40)(H,38,39). The highest BCUT2D eigenvalue weighted by atomic mass is 32.2. The normalized spacial score (nSPS) is 20.6. The number of anilines is 1. The van der Waals surface area contributed by atoms with Gasteiger partial charge in [-0.25, -0.2) is 17.6 Å². The summed E-state index contributed by atoms with van der Waals surface area (Å²) in [5.74, 6) is -3.89. The number of carbonyl (C=O) groups excluding carboxylic acids is 2. The first-order chi connectivity index (χ1) is 21.7. The number of benzene rings is 3. The van der Waals surface area contributed by atoms with E-state index in [9.17, 15) is 36.0 Å². The molecule has 0 spiro atoms. The third-order valence-corrected chi connectivity index (χ3v) is 9.78. The number of nitrogens with one attached hydrogen (secondary N) is 2. The molecule has 2 aliphatic carbocycles. The van der Waals surface area contributed by atoms with E-state index in [1.54, 1.807) is 0 Å². The summed E-state index contributed by atoms with van der Waals surface area (Å²) in [6, 6.07) is 11.4. The second-order valence-electron chi connectivity index (χ2n) is 11.1. The molecule has 0 heterocycles. The molecule has 2 saturated carbocycles. The van der Waals surface area contributed by atoms with E-state index >= 15 is 4.39 Å². The lowest BCUT2D eigenvalue weighted by molar-refractivity contribution is -0.139. The molecule has 5 rings (SSSR count). The topological polar surface area (TPSA) is 148 Å². The first kappa shape index (κ1) is 32.7. The van der Waals surface area contributed by atoms with E-state index in [-0.39, 0.29) is 40.1 Å². The number of hydrogen-bond donors (Lipinski definition) is 3. The fraction of sp³-hybridized carbons (Fsp3) is 0.323. The lowest BCUT2D eigenvalue weighted by Crippen LogP contribution is -2.48. The van der Waals surface area contributed by atoms with Crippen molar-refractivity contribution in [3.05, 3.63) is 72.0 Å². The summed E-state index contributed by atoms with van der Waals surface area (Å²) in [5.41, 5.74) is -5.27. The van der Waals surface area contributed by atoms with Gasteiger partial charge in [-0.2, -0.15) is 13.2 Å². The number of alkyl halides is 3. The molecule has 2 bridgehead atoms. The van der Waals surface area contributed by atoms with Gasteiger partial charge in [0.1, 0.15) is 17.3 Å². The zero-order valence-electron chi connectivity index (χ0n) is 24.1. The van der Waals surface area contributed by atoms with Crippen LogP contribution in [0.1, 0.15) is 29.6 Å². The number of carboxylic acids is 1. The molecule has 3 aromatic carbocycles. The van der Waals surface area contributed by atoms with Crippen molar-refractivity contribution in [2.45, 2.75) is 35.7 Å². The Labute approximate surface area is 260 Å². The summed E-state index contributed by atoms with van der Waals surface area (Å²) in [4.78, 5) is 36.8. The van der Waals surface area contributed by atoms with Gasteiger partial charge in [0.2, 0.25) is 5.91 Å². The zero-order chi connectivity index (χ0) is 33.4. The van der Waals surface area contributed by atoms with E-state index in [0.29, 0.717) is 18.4 Å². The van der Waals surface area contributed by atoms with Crippen molar-refractivity contribution in [1.82, 2.24) is 5.32 Å². The van der Waals surface area contributed by atoms with Crippen molar-refractivity contribution < 1.29 is 54.9 Å². The van der Waals surface area contributed by atoms with Gasteiger partial charge in [-0.15, -0.1) is 0 Å². The van der Waals surface area contributed by atoms with Gasteiger partial charge in [0, 0.05) is 23.4 Å². The van der Waals surface area contributed by atoms with Gasteiger partial charge in [-0.05, 0) is 73.1 Å². The Morgan fingerprint density at radius 2 is 1.70 bits per heavy atom. The quantitative estimate of drug-likeness (QED) is 0.256. The monoisotopic (exact) mass is 664 g/mol. The predicted octanol–water partition coefficient (Wildman–Crippen LogP) is 5.04. The number of amides is 2. The van der Waals surface area contributed by atoms with Crippen LogP contribution >= 0.6 is 0 Å². The van der Waals surface area contributed by atoms with Gasteiger partial charge >= 0.3 is 11.5 Å². The summed E-state index contributed by atoms with van der Waals surface area (Å²) in [6.07, 6.45) is 2.03. The van der Waals surface area contributed by atoms with Crippen LogP contribution in [0.15, 0.2) is 65.6 Å². The summed E-state index contributed by atoms with van der Waals surface area (Å²) < 4.78 is 88.4. The van der Waals surface area contributed by atoms with Crippen LogP contribution < -0.4 is 20.1 Å². The number of hydrogen-bond acceptors (Lipinski definition) is 7. The molecule has 0 aromatic heterocycles. The van der Waals surface area contributed by atoms with E-state index in [2.05, 4.69) is 10.6 Å². The molecule has 10 nitrogen and oxygen atoms in total. The summed E-state index contributed by atoms with van der Waals surface area (Å²) in [7, 11) is -4.37. The van der Waals surface area contributed by atoms with E-state index in [1.165, 1.54) is 43.5 Å². The Kier molecular flexibility index (Phi) is 8.98. The number of rotatable bonds is 10. The van der Waals surface area contributed by atoms with Gasteiger partial charge in [-0.1, -0.05) is 18.2 Å². The summed E-state index contributed by atoms with van der Waals surface area (Å²) in [5, 5.41) is 14.2. The van der Waals surface area contributed by atoms with Crippen LogP contribution in [0, 0.1) is 23.6 Å². The minimum Gasteiger partial charge on any atom is -0.496 e. The van der Waals surface area contributed by atoms with Gasteiger partial charge in [0.05, 0.1) is 23.5 Å². The maximum atomic E-state index is 15.1. The van der Waals surface area contributed by atoms with Crippen molar-refractivity contribution in [3.63, 3.8) is 0 Å². The van der Waals surface area contributed by atoms with Crippen molar-refractivity contribution in [2.24, 2.45) is 17.8 Å². The highest BCUT2D eigenvalue weighted by Gasteiger charge is 2.52. The summed E-state index contributed by atoms with van der Waals surface area (Å²) >= 11 is 0. The largest absolute Gasteiger partial charge is 0.501 e. The van der Waals surface area contributed by atoms with Crippen LogP contribution in [-0.4, -0.2) is 56.6 Å². The molecule has 4 unspecified atom stereocenters. The lowest BCUT2D eigenvalue weighted by Gasteiger charge is -2.31. The number of carbonyl (C=O) groups is 3. The van der Waals surface area contributed by atoms with Crippen LogP contribution in [0.5, 0.6) is 11.5 Å². The van der Waals surface area contributed by atoms with Crippen molar-refractivity contribution in [1.29, 1.82) is 0 Å². The van der Waals surface area contributed by atoms with E-state index in [0.717, 1.165) is 30.7 Å². The Balaban J connectivity index is 1.37. The van der Waals surface area contributed by atoms with E-state index < -0.39 is 62.4 Å². The number of aliphatic carboxylic acids is 1. The van der Waals surface area contributed by atoms with Crippen LogP contribution in [0.4, 0.5) is 23.2 Å². The maximum absolute atomic E-state index is 15.1. The number of methoxy groups -OCH3 is 1. The van der Waals surface area contributed by atoms with Crippen LogP contribution in [-0.2, 0) is 19.4 Å². The molecular weight excluding hydrogens is 636 g/mol.